The van der Waals surface area contributed by atoms with E-state index in [2.05, 4.69) is 25.7 Å². The van der Waals surface area contributed by atoms with Gasteiger partial charge < -0.3 is 18.9 Å². The van der Waals surface area contributed by atoms with Gasteiger partial charge in [-0.2, -0.15) is 4.98 Å². The molecule has 3 heterocycles. The Morgan fingerprint density at radius 3 is 2.59 bits per heavy atom. The Balaban J connectivity index is 1.21. The summed E-state index contributed by atoms with van der Waals surface area (Å²) in [4.78, 5) is 31.4. The maximum Gasteiger partial charge on any atom is 0.257 e. The summed E-state index contributed by atoms with van der Waals surface area (Å²) >= 11 is 1.39. The normalized spacial score (nSPS) is 16.9. The van der Waals surface area contributed by atoms with Gasteiger partial charge in [0, 0.05) is 36.7 Å². The molecule has 2 amide bonds. The first kappa shape index (κ1) is 25.0. The molecular formula is C27H26N6O5S. The number of hydrogen-bond acceptors (Lipinski definition) is 10. The van der Waals surface area contributed by atoms with Gasteiger partial charge in [-0.25, -0.2) is 0 Å². The molecule has 1 aliphatic carbocycles. The van der Waals surface area contributed by atoms with Crippen LogP contribution >= 0.6 is 11.3 Å². The molecule has 200 valence electrons. The molecule has 1 atom stereocenters. The van der Waals surface area contributed by atoms with Crippen LogP contribution in [0.5, 0.6) is 17.2 Å². The van der Waals surface area contributed by atoms with Crippen molar-refractivity contribution in [2.75, 3.05) is 25.5 Å². The maximum atomic E-state index is 13.2. The molecule has 1 unspecified atom stereocenters. The van der Waals surface area contributed by atoms with E-state index in [1.165, 1.54) is 11.3 Å². The van der Waals surface area contributed by atoms with E-state index in [0.717, 1.165) is 29.8 Å². The van der Waals surface area contributed by atoms with Crippen LogP contribution in [0, 0.1) is 12.8 Å². The standard InChI is InChI=1S/C27H26N6O5S/c1-15-28-24(38-32-15)16-5-7-20(8-6-16)37-22-12-19(23(34)29-27-31-30-25(39-27)17-3-4-17)11-21(13-22)36-14-18-9-10-33(2)26(18)35/h5-8,11-13,17-18H,3-4,9-10,14H2,1-2H3,(H,29,31,34). The fraction of sp³-hybridized carbons (Fsp3) is 0.333. The summed E-state index contributed by atoms with van der Waals surface area (Å²) in [7, 11) is 1.78. The van der Waals surface area contributed by atoms with Gasteiger partial charge in [0.15, 0.2) is 5.82 Å². The highest BCUT2D eigenvalue weighted by molar-refractivity contribution is 7.15. The van der Waals surface area contributed by atoms with Crippen LogP contribution in [0.1, 0.15) is 46.4 Å². The molecule has 2 fully saturated rings. The minimum absolute atomic E-state index is 0.0552. The largest absolute Gasteiger partial charge is 0.493 e. The van der Waals surface area contributed by atoms with Gasteiger partial charge in [0.25, 0.3) is 11.8 Å². The molecule has 2 aromatic heterocycles. The van der Waals surface area contributed by atoms with E-state index in [0.29, 0.717) is 52.1 Å². The van der Waals surface area contributed by atoms with Crippen molar-refractivity contribution in [1.82, 2.24) is 25.2 Å². The van der Waals surface area contributed by atoms with Gasteiger partial charge in [-0.1, -0.05) is 16.5 Å². The third-order valence-corrected chi connectivity index (χ3v) is 7.59. The van der Waals surface area contributed by atoms with Crippen LogP contribution in [0.15, 0.2) is 47.0 Å². The number of nitrogens with zero attached hydrogens (tertiary/aromatic N) is 5. The van der Waals surface area contributed by atoms with Crippen molar-refractivity contribution in [3.05, 3.63) is 58.9 Å². The van der Waals surface area contributed by atoms with Gasteiger partial charge in [0.2, 0.25) is 11.0 Å². The van der Waals surface area contributed by atoms with Gasteiger partial charge in [0.1, 0.15) is 22.3 Å². The van der Waals surface area contributed by atoms with E-state index in [1.807, 2.05) is 12.1 Å². The summed E-state index contributed by atoms with van der Waals surface area (Å²) in [6.07, 6.45) is 2.94. The molecular weight excluding hydrogens is 520 g/mol. The predicted molar refractivity (Wildman–Crippen MR) is 142 cm³/mol. The SMILES string of the molecule is Cc1noc(-c2ccc(Oc3cc(OCC4CCN(C)C4=O)cc(C(=O)Nc4nnc(C5CC5)s4)c3)cc2)n1. The number of ether oxygens (including phenoxy) is 2. The van der Waals surface area contributed by atoms with E-state index in [-0.39, 0.29) is 24.3 Å². The molecule has 39 heavy (non-hydrogen) atoms. The lowest BCUT2D eigenvalue weighted by Gasteiger charge is -2.14. The lowest BCUT2D eigenvalue weighted by atomic mass is 10.1. The molecule has 11 nitrogen and oxygen atoms in total. The summed E-state index contributed by atoms with van der Waals surface area (Å²) in [6, 6.07) is 12.1. The Hall–Kier alpha value is -4.32. The van der Waals surface area contributed by atoms with Crippen molar-refractivity contribution in [3.63, 3.8) is 0 Å². The second-order valence-electron chi connectivity index (χ2n) is 9.70. The van der Waals surface area contributed by atoms with E-state index in [9.17, 15) is 9.59 Å². The molecule has 2 aliphatic rings. The van der Waals surface area contributed by atoms with Gasteiger partial charge in [0.05, 0.1) is 12.5 Å². The average Bonchev–Trinajstić information content (AvgIpc) is 3.38. The van der Waals surface area contributed by atoms with Crippen LogP contribution in [0.2, 0.25) is 0 Å². The fourth-order valence-corrected chi connectivity index (χ4v) is 5.16. The van der Waals surface area contributed by atoms with Crippen LogP contribution in [0.25, 0.3) is 11.5 Å². The second kappa shape index (κ2) is 10.4. The molecule has 0 bridgehead atoms. The number of amides is 2. The molecule has 1 saturated carbocycles. The van der Waals surface area contributed by atoms with Gasteiger partial charge in [-0.15, -0.1) is 10.2 Å². The first-order valence-corrected chi connectivity index (χ1v) is 13.5. The fourth-order valence-electron chi connectivity index (χ4n) is 4.26. The van der Waals surface area contributed by atoms with E-state index < -0.39 is 0 Å². The lowest BCUT2D eigenvalue weighted by molar-refractivity contribution is -0.130. The highest BCUT2D eigenvalue weighted by atomic mass is 32.1. The van der Waals surface area contributed by atoms with E-state index in [1.54, 1.807) is 49.2 Å². The number of carbonyl (C=O) groups is 2. The maximum absolute atomic E-state index is 13.2. The molecule has 4 aromatic rings. The van der Waals surface area contributed by atoms with Crippen LogP contribution in [0.3, 0.4) is 0 Å². The number of nitrogens with one attached hydrogen (secondary N) is 1. The first-order chi connectivity index (χ1) is 18.9. The van der Waals surface area contributed by atoms with Crippen molar-refractivity contribution in [2.45, 2.75) is 32.1 Å². The monoisotopic (exact) mass is 546 g/mol. The summed E-state index contributed by atoms with van der Waals surface area (Å²) in [5.41, 5.74) is 1.09. The highest BCUT2D eigenvalue weighted by Crippen LogP contribution is 2.42. The van der Waals surface area contributed by atoms with Gasteiger partial charge >= 0.3 is 0 Å². The molecule has 1 aliphatic heterocycles. The first-order valence-electron chi connectivity index (χ1n) is 12.7. The summed E-state index contributed by atoms with van der Waals surface area (Å²) in [5.74, 6) is 2.28. The van der Waals surface area contributed by atoms with E-state index in [4.69, 9.17) is 14.0 Å². The highest BCUT2D eigenvalue weighted by Gasteiger charge is 2.30. The molecule has 1 saturated heterocycles. The number of aryl methyl sites for hydroxylation is 1. The number of aromatic nitrogens is 4. The summed E-state index contributed by atoms with van der Waals surface area (Å²) in [6.45, 7) is 2.67. The summed E-state index contributed by atoms with van der Waals surface area (Å²) < 4.78 is 17.3. The van der Waals surface area contributed by atoms with Crippen LogP contribution in [-0.2, 0) is 4.79 Å². The Morgan fingerprint density at radius 2 is 1.90 bits per heavy atom. The number of anilines is 1. The minimum atomic E-state index is -0.359. The number of hydrogen-bond donors (Lipinski definition) is 1. The topological polar surface area (TPSA) is 133 Å². The number of rotatable bonds is 9. The summed E-state index contributed by atoms with van der Waals surface area (Å²) in [5, 5.41) is 16.3. The third-order valence-electron chi connectivity index (χ3n) is 6.58. The van der Waals surface area contributed by atoms with Crippen molar-refractivity contribution >= 4 is 28.3 Å². The van der Waals surface area contributed by atoms with Crippen LogP contribution in [-0.4, -0.2) is 57.3 Å². The second-order valence-corrected chi connectivity index (χ2v) is 10.7. The quantitative estimate of drug-likeness (QED) is 0.318. The van der Waals surface area contributed by atoms with Crippen molar-refractivity contribution < 1.29 is 23.6 Å². The minimum Gasteiger partial charge on any atom is -0.493 e. The zero-order chi connectivity index (χ0) is 26.9. The Morgan fingerprint density at radius 1 is 1.10 bits per heavy atom. The number of likely N-dealkylation sites (tertiary alicyclic amines) is 1. The third kappa shape index (κ3) is 5.75. The molecule has 0 radical (unpaired) electrons. The van der Waals surface area contributed by atoms with E-state index >= 15 is 0 Å². The molecule has 1 N–H and O–H groups in total. The van der Waals surface area contributed by atoms with Crippen molar-refractivity contribution in [1.29, 1.82) is 0 Å². The number of benzene rings is 2. The molecule has 2 aromatic carbocycles. The molecule has 12 heteroatoms. The predicted octanol–water partition coefficient (Wildman–Crippen LogP) is 4.68. The van der Waals surface area contributed by atoms with Crippen molar-refractivity contribution in [2.24, 2.45) is 5.92 Å². The van der Waals surface area contributed by atoms with Crippen molar-refractivity contribution in [3.8, 4) is 28.7 Å². The Labute approximate surface area is 228 Å². The Bertz CT molecular complexity index is 1510. The van der Waals surface area contributed by atoms with Gasteiger partial charge in [-0.3, -0.25) is 14.9 Å². The molecule has 6 rings (SSSR count). The molecule has 0 spiro atoms. The van der Waals surface area contributed by atoms with Gasteiger partial charge in [-0.05, 0) is 62.6 Å². The van der Waals surface area contributed by atoms with Crippen LogP contribution < -0.4 is 14.8 Å². The smallest absolute Gasteiger partial charge is 0.257 e. The lowest BCUT2D eigenvalue weighted by Crippen LogP contribution is -2.25. The van der Waals surface area contributed by atoms with Crippen LogP contribution in [0.4, 0.5) is 5.13 Å². The zero-order valence-electron chi connectivity index (χ0n) is 21.4. The zero-order valence-corrected chi connectivity index (χ0v) is 22.2. The Kier molecular flexibility index (Phi) is 6.69. The number of carbonyl (C=O) groups excluding carboxylic acids is 2. The average molecular weight is 547 g/mol.